The smallest absolute Gasteiger partial charge is 0.270 e. The molecule has 0 aliphatic carbocycles. The summed E-state index contributed by atoms with van der Waals surface area (Å²) in [4.78, 5) is 21.7. The minimum atomic E-state index is -0.0782. The number of thiazole rings is 1. The normalized spacial score (nSPS) is 19.9. The highest BCUT2D eigenvalue weighted by Crippen LogP contribution is 2.26. The lowest BCUT2D eigenvalue weighted by Crippen LogP contribution is -2.38. The Balaban J connectivity index is 1.42. The fraction of sp³-hybridized carbons (Fsp3) is 0.455. The Kier molecular flexibility index (Phi) is 5.15. The van der Waals surface area contributed by atoms with Crippen molar-refractivity contribution in [3.05, 3.63) is 52.3 Å². The molecule has 2 unspecified atom stereocenters. The van der Waals surface area contributed by atoms with Crippen molar-refractivity contribution in [2.45, 2.75) is 40.7 Å². The molecule has 1 N–H and O–H groups in total. The average Bonchev–Trinajstić information content (AvgIpc) is 3.13. The summed E-state index contributed by atoms with van der Waals surface area (Å²) < 4.78 is 1.90. The maximum absolute atomic E-state index is 12.7. The molecule has 1 amide bonds. The number of benzene rings is 1. The summed E-state index contributed by atoms with van der Waals surface area (Å²) in [6.07, 6.45) is 3.29. The summed E-state index contributed by atoms with van der Waals surface area (Å²) in [5.74, 6) is 1.39. The van der Waals surface area contributed by atoms with Gasteiger partial charge < -0.3 is 10.2 Å². The van der Waals surface area contributed by atoms with Crippen LogP contribution < -0.4 is 10.2 Å². The van der Waals surface area contributed by atoms with Gasteiger partial charge in [0.05, 0.1) is 5.69 Å². The number of piperidine rings is 1. The van der Waals surface area contributed by atoms with E-state index in [4.69, 9.17) is 0 Å². The first-order chi connectivity index (χ1) is 13.4. The second kappa shape index (κ2) is 7.59. The van der Waals surface area contributed by atoms with E-state index in [9.17, 15) is 4.79 Å². The van der Waals surface area contributed by atoms with E-state index in [-0.39, 0.29) is 5.91 Å². The van der Waals surface area contributed by atoms with Gasteiger partial charge in [-0.1, -0.05) is 26.0 Å². The van der Waals surface area contributed by atoms with Crippen molar-refractivity contribution in [3.8, 4) is 0 Å². The second-order valence-electron chi connectivity index (χ2n) is 8.24. The van der Waals surface area contributed by atoms with Gasteiger partial charge in [-0.2, -0.15) is 0 Å². The highest BCUT2D eigenvalue weighted by atomic mass is 32.1. The van der Waals surface area contributed by atoms with Crippen LogP contribution in [0.5, 0.6) is 0 Å². The third kappa shape index (κ3) is 3.78. The van der Waals surface area contributed by atoms with Crippen LogP contribution in [0.4, 0.5) is 5.69 Å². The van der Waals surface area contributed by atoms with Gasteiger partial charge in [0, 0.05) is 36.4 Å². The molecular weight excluding hydrogens is 368 g/mol. The van der Waals surface area contributed by atoms with E-state index < -0.39 is 0 Å². The summed E-state index contributed by atoms with van der Waals surface area (Å²) in [6.45, 7) is 11.3. The van der Waals surface area contributed by atoms with Gasteiger partial charge in [0.25, 0.3) is 5.91 Å². The number of hydrogen-bond donors (Lipinski definition) is 1. The Morgan fingerprint density at radius 2 is 1.86 bits per heavy atom. The first kappa shape index (κ1) is 19.0. The van der Waals surface area contributed by atoms with Crippen LogP contribution >= 0.6 is 11.3 Å². The van der Waals surface area contributed by atoms with Gasteiger partial charge in [-0.15, -0.1) is 11.3 Å². The average molecular weight is 397 g/mol. The Hall–Kier alpha value is -2.34. The number of nitrogens with zero attached hydrogens (tertiary/aromatic N) is 3. The van der Waals surface area contributed by atoms with E-state index in [2.05, 4.69) is 53.3 Å². The molecule has 5 nitrogen and oxygen atoms in total. The summed E-state index contributed by atoms with van der Waals surface area (Å²) in [5, 5.41) is 3.05. The predicted molar refractivity (Wildman–Crippen MR) is 115 cm³/mol. The van der Waals surface area contributed by atoms with Gasteiger partial charge in [0.1, 0.15) is 5.69 Å². The van der Waals surface area contributed by atoms with Crippen molar-refractivity contribution in [3.63, 3.8) is 0 Å². The Morgan fingerprint density at radius 1 is 1.18 bits per heavy atom. The van der Waals surface area contributed by atoms with Crippen LogP contribution in [0.2, 0.25) is 0 Å². The molecule has 148 valence electrons. The fourth-order valence-electron chi connectivity index (χ4n) is 4.30. The zero-order valence-corrected chi connectivity index (χ0v) is 17.8. The molecule has 0 bridgehead atoms. The molecule has 1 aromatic carbocycles. The number of aryl methyl sites for hydroxylation is 2. The predicted octanol–water partition coefficient (Wildman–Crippen LogP) is 4.42. The Morgan fingerprint density at radius 3 is 2.54 bits per heavy atom. The number of fused-ring (bicyclic) bond motifs is 1. The molecule has 6 heteroatoms. The number of imidazole rings is 1. The van der Waals surface area contributed by atoms with E-state index >= 15 is 0 Å². The van der Waals surface area contributed by atoms with Gasteiger partial charge in [0.15, 0.2) is 4.96 Å². The maximum atomic E-state index is 12.7. The van der Waals surface area contributed by atoms with Crippen molar-refractivity contribution in [1.29, 1.82) is 0 Å². The number of aromatic nitrogens is 2. The molecule has 1 aliphatic heterocycles. The molecule has 3 heterocycles. The molecule has 2 aromatic heterocycles. The number of carbonyl (C=O) groups is 1. The molecule has 1 aliphatic rings. The molecule has 4 rings (SSSR count). The summed E-state index contributed by atoms with van der Waals surface area (Å²) in [5.41, 5.74) is 3.78. The van der Waals surface area contributed by atoms with Gasteiger partial charge >= 0.3 is 0 Å². The molecule has 2 atom stereocenters. The monoisotopic (exact) mass is 396 g/mol. The largest absolute Gasteiger partial charge is 0.371 e. The highest BCUT2D eigenvalue weighted by molar-refractivity contribution is 7.17. The first-order valence-corrected chi connectivity index (χ1v) is 10.8. The molecular formula is C22H28N4OS. The number of hydrogen-bond acceptors (Lipinski definition) is 4. The maximum Gasteiger partial charge on any atom is 0.270 e. The lowest BCUT2D eigenvalue weighted by Gasteiger charge is -2.36. The second-order valence-corrected chi connectivity index (χ2v) is 9.45. The van der Waals surface area contributed by atoms with E-state index in [0.29, 0.717) is 12.2 Å². The quantitative estimate of drug-likeness (QED) is 0.710. The molecule has 0 spiro atoms. The van der Waals surface area contributed by atoms with Crippen molar-refractivity contribution in [2.24, 2.45) is 11.8 Å². The zero-order chi connectivity index (χ0) is 19.8. The van der Waals surface area contributed by atoms with Crippen molar-refractivity contribution >= 4 is 27.9 Å². The minimum Gasteiger partial charge on any atom is -0.371 e. The van der Waals surface area contributed by atoms with Crippen LogP contribution in [-0.4, -0.2) is 28.4 Å². The van der Waals surface area contributed by atoms with Crippen molar-refractivity contribution in [1.82, 2.24) is 14.7 Å². The Bertz CT molecular complexity index is 978. The number of anilines is 1. The number of rotatable bonds is 4. The fourth-order valence-corrected chi connectivity index (χ4v) is 5.17. The molecule has 28 heavy (non-hydrogen) atoms. The lowest BCUT2D eigenvalue weighted by atomic mass is 9.91. The zero-order valence-electron chi connectivity index (χ0n) is 17.0. The molecule has 0 saturated carbocycles. The number of amides is 1. The third-order valence-corrected chi connectivity index (χ3v) is 6.35. The lowest BCUT2D eigenvalue weighted by molar-refractivity contribution is 0.0944. The van der Waals surface area contributed by atoms with E-state index in [1.54, 1.807) is 11.3 Å². The number of carbonyl (C=O) groups excluding carboxylic acids is 1. The summed E-state index contributed by atoms with van der Waals surface area (Å²) >= 11 is 1.60. The third-order valence-electron chi connectivity index (χ3n) is 5.45. The Labute approximate surface area is 170 Å². The van der Waals surface area contributed by atoms with Crippen LogP contribution in [0.15, 0.2) is 30.5 Å². The van der Waals surface area contributed by atoms with E-state index in [1.165, 1.54) is 12.1 Å². The number of nitrogens with one attached hydrogen (secondary N) is 1. The van der Waals surface area contributed by atoms with E-state index in [0.717, 1.165) is 46.0 Å². The van der Waals surface area contributed by atoms with E-state index in [1.807, 2.05) is 24.4 Å². The van der Waals surface area contributed by atoms with Crippen LogP contribution in [-0.2, 0) is 6.54 Å². The molecule has 3 aromatic rings. The van der Waals surface area contributed by atoms with Crippen LogP contribution in [0.1, 0.15) is 46.9 Å². The summed E-state index contributed by atoms with van der Waals surface area (Å²) in [7, 11) is 0. The topological polar surface area (TPSA) is 49.6 Å². The van der Waals surface area contributed by atoms with Crippen molar-refractivity contribution < 1.29 is 4.79 Å². The van der Waals surface area contributed by atoms with Gasteiger partial charge in [-0.05, 0) is 49.8 Å². The van der Waals surface area contributed by atoms with Crippen LogP contribution in [0.25, 0.3) is 4.96 Å². The summed E-state index contributed by atoms with van der Waals surface area (Å²) in [6, 6.07) is 8.59. The molecule has 1 saturated heterocycles. The van der Waals surface area contributed by atoms with Crippen LogP contribution in [0, 0.1) is 25.7 Å². The minimum absolute atomic E-state index is 0.0782. The molecule has 1 fully saturated rings. The van der Waals surface area contributed by atoms with Gasteiger partial charge in [-0.25, -0.2) is 4.98 Å². The van der Waals surface area contributed by atoms with Crippen LogP contribution in [0.3, 0.4) is 0 Å². The van der Waals surface area contributed by atoms with Gasteiger partial charge in [-0.3, -0.25) is 9.20 Å². The highest BCUT2D eigenvalue weighted by Gasteiger charge is 2.22. The molecule has 0 radical (unpaired) electrons. The first-order valence-electron chi connectivity index (χ1n) is 9.98. The van der Waals surface area contributed by atoms with Crippen molar-refractivity contribution in [2.75, 3.05) is 18.0 Å². The van der Waals surface area contributed by atoms with Gasteiger partial charge in [0.2, 0.25) is 0 Å². The SMILES string of the molecule is Cc1cn2c(C(=O)NCc3ccc(N4CC(C)CC(C)C4)cc3)c(C)nc2s1. The standard InChI is InChI=1S/C22H28N4OS/c1-14-9-15(2)12-25(11-14)19-7-5-18(6-8-19)10-23-21(27)20-17(4)24-22-26(20)13-16(3)28-22/h5-8,13-15H,9-12H2,1-4H3,(H,23,27).